The van der Waals surface area contributed by atoms with Gasteiger partial charge in [-0.05, 0) is 51.5 Å². The summed E-state index contributed by atoms with van der Waals surface area (Å²) in [4.78, 5) is 14.3. The zero-order valence-corrected chi connectivity index (χ0v) is 13.7. The van der Waals surface area contributed by atoms with Crippen molar-refractivity contribution in [2.45, 2.75) is 46.0 Å². The first kappa shape index (κ1) is 16.1. The fourth-order valence-corrected chi connectivity index (χ4v) is 2.68. The zero-order chi connectivity index (χ0) is 15.6. The van der Waals surface area contributed by atoms with Crippen molar-refractivity contribution in [2.24, 2.45) is 0 Å². The van der Waals surface area contributed by atoms with Gasteiger partial charge in [0, 0.05) is 18.1 Å². The molecule has 0 saturated carbocycles. The number of benzene rings is 1. The third-order valence-corrected chi connectivity index (χ3v) is 3.95. The van der Waals surface area contributed by atoms with Crippen LogP contribution in [0.5, 0.6) is 5.75 Å². The van der Waals surface area contributed by atoms with E-state index in [1.807, 2.05) is 31.7 Å². The van der Waals surface area contributed by atoms with Gasteiger partial charge in [0.15, 0.2) is 6.10 Å². The molecule has 116 valence electrons. The Morgan fingerprint density at radius 3 is 2.57 bits per heavy atom. The lowest BCUT2D eigenvalue weighted by molar-refractivity contribution is -0.149. The molecule has 0 radical (unpaired) electrons. The number of ether oxygens (including phenoxy) is 2. The number of nitrogens with zero attached hydrogens (tertiary/aromatic N) is 1. The molecular formula is C16H22ClNO3. The molecule has 1 aromatic carbocycles. The molecule has 0 N–H and O–H groups in total. The predicted molar refractivity (Wildman–Crippen MR) is 82.9 cm³/mol. The van der Waals surface area contributed by atoms with Crippen molar-refractivity contribution < 1.29 is 14.3 Å². The third kappa shape index (κ3) is 4.11. The molecule has 1 saturated heterocycles. The van der Waals surface area contributed by atoms with Crippen LogP contribution in [-0.4, -0.2) is 42.2 Å². The Balaban J connectivity index is 2.00. The first-order chi connectivity index (χ1) is 9.86. The summed E-state index contributed by atoms with van der Waals surface area (Å²) in [5.74, 6) is 0.650. The minimum atomic E-state index is -0.525. The molecule has 0 unspecified atom stereocenters. The smallest absolute Gasteiger partial charge is 0.263 e. The standard InChI is InChI=1S/C16H22ClNO3/c1-10-7-14(5-6-15(10)17)21-13(4)16(19)18-8-11(2)20-12(3)9-18/h5-7,11-13H,8-9H2,1-4H3/t11-,12-,13+/m0/s1. The molecule has 1 aromatic rings. The molecule has 0 aromatic heterocycles. The van der Waals surface area contributed by atoms with Crippen LogP contribution in [0.2, 0.25) is 5.02 Å². The van der Waals surface area contributed by atoms with Crippen molar-refractivity contribution in [2.75, 3.05) is 13.1 Å². The number of carbonyl (C=O) groups is 1. The van der Waals surface area contributed by atoms with Gasteiger partial charge in [-0.3, -0.25) is 4.79 Å². The van der Waals surface area contributed by atoms with Crippen LogP contribution < -0.4 is 4.74 Å². The topological polar surface area (TPSA) is 38.8 Å². The van der Waals surface area contributed by atoms with E-state index in [1.165, 1.54) is 0 Å². The Bertz CT molecular complexity index is 510. The first-order valence-corrected chi connectivity index (χ1v) is 7.61. The molecule has 3 atom stereocenters. The van der Waals surface area contributed by atoms with Gasteiger partial charge in [0.05, 0.1) is 12.2 Å². The second-order valence-corrected chi connectivity index (χ2v) is 6.08. The number of halogens is 1. The van der Waals surface area contributed by atoms with E-state index in [0.717, 1.165) is 5.56 Å². The van der Waals surface area contributed by atoms with E-state index in [1.54, 1.807) is 19.1 Å². The normalized spacial score (nSPS) is 23.8. The maximum atomic E-state index is 12.5. The molecule has 1 amide bonds. The van der Waals surface area contributed by atoms with Crippen LogP contribution in [-0.2, 0) is 9.53 Å². The lowest BCUT2D eigenvalue weighted by atomic mass is 10.2. The van der Waals surface area contributed by atoms with Crippen molar-refractivity contribution in [1.82, 2.24) is 4.90 Å². The van der Waals surface area contributed by atoms with Crippen LogP contribution in [0.1, 0.15) is 26.3 Å². The Hall–Kier alpha value is -1.26. The number of carbonyl (C=O) groups excluding carboxylic acids is 1. The van der Waals surface area contributed by atoms with Gasteiger partial charge in [-0.2, -0.15) is 0 Å². The average Bonchev–Trinajstić information content (AvgIpc) is 2.41. The molecule has 1 heterocycles. The fraction of sp³-hybridized carbons (Fsp3) is 0.562. The van der Waals surface area contributed by atoms with Crippen LogP contribution in [0.15, 0.2) is 18.2 Å². The van der Waals surface area contributed by atoms with Crippen molar-refractivity contribution in [3.05, 3.63) is 28.8 Å². The maximum Gasteiger partial charge on any atom is 0.263 e. The second-order valence-electron chi connectivity index (χ2n) is 5.67. The van der Waals surface area contributed by atoms with Gasteiger partial charge in [0.2, 0.25) is 0 Å². The molecule has 0 aliphatic carbocycles. The molecule has 21 heavy (non-hydrogen) atoms. The monoisotopic (exact) mass is 311 g/mol. The lowest BCUT2D eigenvalue weighted by Crippen LogP contribution is -2.51. The van der Waals surface area contributed by atoms with E-state index in [9.17, 15) is 4.79 Å². The van der Waals surface area contributed by atoms with Crippen LogP contribution in [0, 0.1) is 6.92 Å². The molecule has 0 spiro atoms. The molecular weight excluding hydrogens is 290 g/mol. The summed E-state index contributed by atoms with van der Waals surface area (Å²) in [6.07, 6.45) is -0.409. The highest BCUT2D eigenvalue weighted by Crippen LogP contribution is 2.22. The van der Waals surface area contributed by atoms with Crippen LogP contribution in [0.4, 0.5) is 0 Å². The molecule has 1 aliphatic rings. The van der Waals surface area contributed by atoms with Crippen LogP contribution in [0.25, 0.3) is 0 Å². The second kappa shape index (κ2) is 6.67. The zero-order valence-electron chi connectivity index (χ0n) is 12.9. The number of rotatable bonds is 3. The highest BCUT2D eigenvalue weighted by atomic mass is 35.5. The molecule has 0 bridgehead atoms. The Kier molecular flexibility index (Phi) is 5.12. The summed E-state index contributed by atoms with van der Waals surface area (Å²) in [6.45, 7) is 8.85. The highest BCUT2D eigenvalue weighted by molar-refractivity contribution is 6.31. The number of morpholine rings is 1. The summed E-state index contributed by atoms with van der Waals surface area (Å²) in [5.41, 5.74) is 0.933. The van der Waals surface area contributed by atoms with Crippen LogP contribution >= 0.6 is 11.6 Å². The highest BCUT2D eigenvalue weighted by Gasteiger charge is 2.29. The number of hydrogen-bond donors (Lipinski definition) is 0. The first-order valence-electron chi connectivity index (χ1n) is 7.24. The number of amides is 1. The Morgan fingerprint density at radius 2 is 2.00 bits per heavy atom. The van der Waals surface area contributed by atoms with Crippen molar-refractivity contribution in [3.8, 4) is 5.75 Å². The third-order valence-electron chi connectivity index (χ3n) is 3.52. The summed E-state index contributed by atoms with van der Waals surface area (Å²) in [6, 6.07) is 5.41. The van der Waals surface area contributed by atoms with Gasteiger partial charge in [0.1, 0.15) is 5.75 Å². The average molecular weight is 312 g/mol. The van der Waals surface area contributed by atoms with E-state index in [0.29, 0.717) is 23.9 Å². The molecule has 1 fully saturated rings. The largest absolute Gasteiger partial charge is 0.481 e. The van der Waals surface area contributed by atoms with Gasteiger partial charge in [0.25, 0.3) is 5.91 Å². The number of aryl methyl sites for hydroxylation is 1. The minimum Gasteiger partial charge on any atom is -0.481 e. The van der Waals surface area contributed by atoms with Crippen molar-refractivity contribution in [3.63, 3.8) is 0 Å². The summed E-state index contributed by atoms with van der Waals surface area (Å²) < 4.78 is 11.4. The van der Waals surface area contributed by atoms with Gasteiger partial charge < -0.3 is 14.4 Å². The lowest BCUT2D eigenvalue weighted by Gasteiger charge is -2.36. The summed E-state index contributed by atoms with van der Waals surface area (Å²) >= 11 is 5.99. The van der Waals surface area contributed by atoms with E-state index >= 15 is 0 Å². The van der Waals surface area contributed by atoms with E-state index < -0.39 is 6.10 Å². The summed E-state index contributed by atoms with van der Waals surface area (Å²) in [5, 5.41) is 0.692. The number of hydrogen-bond acceptors (Lipinski definition) is 3. The maximum absolute atomic E-state index is 12.5. The summed E-state index contributed by atoms with van der Waals surface area (Å²) in [7, 11) is 0. The van der Waals surface area contributed by atoms with Crippen molar-refractivity contribution in [1.29, 1.82) is 0 Å². The van der Waals surface area contributed by atoms with Crippen LogP contribution in [0.3, 0.4) is 0 Å². The quantitative estimate of drug-likeness (QED) is 0.861. The minimum absolute atomic E-state index is 0.00963. The Labute approximate surface area is 131 Å². The van der Waals surface area contributed by atoms with Crippen molar-refractivity contribution >= 4 is 17.5 Å². The van der Waals surface area contributed by atoms with Gasteiger partial charge >= 0.3 is 0 Å². The molecule has 2 rings (SSSR count). The fourth-order valence-electron chi connectivity index (χ4n) is 2.56. The van der Waals surface area contributed by atoms with Gasteiger partial charge in [-0.15, -0.1) is 0 Å². The molecule has 4 nitrogen and oxygen atoms in total. The van der Waals surface area contributed by atoms with Gasteiger partial charge in [-0.25, -0.2) is 0 Å². The van der Waals surface area contributed by atoms with E-state index in [-0.39, 0.29) is 18.1 Å². The SMILES string of the molecule is Cc1cc(O[C@H](C)C(=O)N2C[C@H](C)O[C@@H](C)C2)ccc1Cl. The van der Waals surface area contributed by atoms with E-state index in [2.05, 4.69) is 0 Å². The molecule has 5 heteroatoms. The Morgan fingerprint density at radius 1 is 1.38 bits per heavy atom. The molecule has 1 aliphatic heterocycles. The van der Waals surface area contributed by atoms with E-state index in [4.69, 9.17) is 21.1 Å². The predicted octanol–water partition coefficient (Wildman–Crippen LogP) is 3.05. The van der Waals surface area contributed by atoms with Gasteiger partial charge in [-0.1, -0.05) is 11.6 Å².